The van der Waals surface area contributed by atoms with Crippen LogP contribution in [0.25, 0.3) is 10.9 Å². The Morgan fingerprint density at radius 3 is 2.28 bits per heavy atom. The summed E-state index contributed by atoms with van der Waals surface area (Å²) in [6.45, 7) is 7.89. The van der Waals surface area contributed by atoms with Crippen molar-refractivity contribution in [3.05, 3.63) is 111 Å². The molecule has 4 aliphatic rings. The summed E-state index contributed by atoms with van der Waals surface area (Å²) in [4.78, 5) is 14.3. The number of aliphatic hydroxyl groups is 2. The quantitative estimate of drug-likeness (QED) is 0.0691. The second-order valence-electron chi connectivity index (χ2n) is 15.6. The van der Waals surface area contributed by atoms with Crippen molar-refractivity contribution < 1.29 is 34.0 Å². The van der Waals surface area contributed by atoms with E-state index in [1.165, 1.54) is 50.9 Å². The second kappa shape index (κ2) is 17.2. The lowest BCUT2D eigenvalue weighted by atomic mass is 9.80. The Balaban J connectivity index is 0.800. The van der Waals surface area contributed by atoms with Gasteiger partial charge in [0.15, 0.2) is 0 Å². The number of phenolic OH excluding ortho intramolecular Hbond substituents is 1. The minimum Gasteiger partial charge on any atom is -0.506 e. The topological polar surface area (TPSA) is 133 Å². The van der Waals surface area contributed by atoms with E-state index in [0.29, 0.717) is 68.5 Å². The van der Waals surface area contributed by atoms with Crippen LogP contribution in [0.1, 0.15) is 66.9 Å². The van der Waals surface area contributed by atoms with Gasteiger partial charge in [0.2, 0.25) is 5.56 Å². The molecule has 3 atom stereocenters. The van der Waals surface area contributed by atoms with E-state index < -0.39 is 11.7 Å². The SMILES string of the molecule is O=c1ccc2c([C@@H](O)CNCCOCc3ccc(COCC[N+]45CCC(CC4)[C@@H](OC[C@@](O)(c4ccccc4)C4CCCC4)C5)cc3)ccc(O)c2[nH]1. The Bertz CT molecular complexity index is 1820. The van der Waals surface area contributed by atoms with Gasteiger partial charge in [-0.05, 0) is 53.1 Å². The largest absolute Gasteiger partial charge is 0.506 e. The maximum atomic E-state index is 12.0. The minimum absolute atomic E-state index is 0.0270. The van der Waals surface area contributed by atoms with Crippen molar-refractivity contribution in [1.29, 1.82) is 0 Å². The lowest BCUT2D eigenvalue weighted by molar-refractivity contribution is -0.946. The van der Waals surface area contributed by atoms with Crippen LogP contribution in [0.5, 0.6) is 5.75 Å². The molecule has 3 aromatic carbocycles. The van der Waals surface area contributed by atoms with E-state index in [1.54, 1.807) is 12.1 Å². The number of benzene rings is 3. The molecule has 10 nitrogen and oxygen atoms in total. The normalized spacial score (nSPS) is 23.4. The molecule has 284 valence electrons. The highest BCUT2D eigenvalue weighted by Crippen LogP contribution is 2.42. The molecule has 3 saturated heterocycles. The number of H-pyrrole nitrogens is 1. The first-order valence-corrected chi connectivity index (χ1v) is 19.5. The molecule has 10 heteroatoms. The number of aromatic amines is 1. The molecule has 3 aliphatic heterocycles. The van der Waals surface area contributed by atoms with Gasteiger partial charge in [0, 0.05) is 43.3 Å². The zero-order chi connectivity index (χ0) is 36.7. The molecular formula is C43H56N3O7+. The van der Waals surface area contributed by atoms with Gasteiger partial charge >= 0.3 is 0 Å². The monoisotopic (exact) mass is 726 g/mol. The molecule has 53 heavy (non-hydrogen) atoms. The van der Waals surface area contributed by atoms with E-state index in [-0.39, 0.29) is 23.3 Å². The highest BCUT2D eigenvalue weighted by atomic mass is 16.5. The molecule has 1 saturated carbocycles. The van der Waals surface area contributed by atoms with E-state index >= 15 is 0 Å². The molecule has 8 rings (SSSR count). The number of fused-ring (bicyclic) bond motifs is 4. The molecule has 4 fully saturated rings. The Hall–Kier alpha value is -3.61. The van der Waals surface area contributed by atoms with E-state index in [9.17, 15) is 20.1 Å². The molecule has 0 spiro atoms. The van der Waals surface area contributed by atoms with E-state index in [0.717, 1.165) is 47.1 Å². The van der Waals surface area contributed by atoms with Crippen LogP contribution >= 0.6 is 0 Å². The molecule has 1 aromatic heterocycles. The van der Waals surface area contributed by atoms with Crippen LogP contribution in [0.2, 0.25) is 0 Å². The number of phenols is 1. The van der Waals surface area contributed by atoms with E-state index in [1.807, 2.05) is 18.2 Å². The molecule has 5 N–H and O–H groups in total. The van der Waals surface area contributed by atoms with Crippen molar-refractivity contribution in [1.82, 2.24) is 10.3 Å². The Morgan fingerprint density at radius 2 is 1.57 bits per heavy atom. The molecule has 1 aliphatic carbocycles. The lowest BCUT2D eigenvalue weighted by Crippen LogP contribution is -2.65. The standard InChI is InChI=1S/C43H55N3O7/c47-38-16-14-36(37-15-17-41(49)45-42(37)38)39(48)26-44-20-24-51-28-31-10-12-32(13-11-31)29-52-25-23-46-21-18-33(19-22-46)40(27-46)53-30-43(50,35-8-4-5-9-35)34-6-2-1-3-7-34/h1-3,6-7,10-17,33,35,39-40,44,48,50H,4-5,8-9,18-30H2,(H-,45,47,49)/p+1/t33?,39-,40-,43+,46?/m0/s1. The van der Waals surface area contributed by atoms with Crippen molar-refractivity contribution in [3.63, 3.8) is 0 Å². The van der Waals surface area contributed by atoms with Crippen LogP contribution in [0.15, 0.2) is 83.7 Å². The van der Waals surface area contributed by atoms with Crippen LogP contribution < -0.4 is 10.9 Å². The number of nitrogens with zero attached hydrogens (tertiary/aromatic N) is 1. The summed E-state index contributed by atoms with van der Waals surface area (Å²) in [6, 6.07) is 24.7. The summed E-state index contributed by atoms with van der Waals surface area (Å²) < 4.78 is 19.8. The molecule has 0 radical (unpaired) electrons. The highest BCUT2D eigenvalue weighted by Gasteiger charge is 2.48. The average Bonchev–Trinajstić information content (AvgIpc) is 3.75. The van der Waals surface area contributed by atoms with Crippen LogP contribution in [-0.4, -0.2) is 90.0 Å². The van der Waals surface area contributed by atoms with Crippen LogP contribution in [0.3, 0.4) is 0 Å². The summed E-state index contributed by atoms with van der Waals surface area (Å²) in [5, 5.41) is 36.7. The number of quaternary nitrogens is 1. The second-order valence-corrected chi connectivity index (χ2v) is 15.6. The molecule has 4 heterocycles. The van der Waals surface area contributed by atoms with E-state index in [4.69, 9.17) is 14.2 Å². The van der Waals surface area contributed by atoms with Crippen molar-refractivity contribution >= 4 is 10.9 Å². The number of hydrogen-bond donors (Lipinski definition) is 5. The van der Waals surface area contributed by atoms with Gasteiger partial charge in [-0.3, -0.25) is 4.79 Å². The molecule has 4 aromatic rings. The fourth-order valence-corrected chi connectivity index (χ4v) is 8.94. The Morgan fingerprint density at radius 1 is 0.868 bits per heavy atom. The minimum atomic E-state index is -0.917. The molecule has 0 amide bonds. The summed E-state index contributed by atoms with van der Waals surface area (Å²) in [5.41, 5.74) is 2.96. The van der Waals surface area contributed by atoms with Gasteiger partial charge in [-0.2, -0.15) is 0 Å². The Labute approximate surface area is 312 Å². The lowest BCUT2D eigenvalue weighted by Gasteiger charge is -2.52. The average molecular weight is 727 g/mol. The van der Waals surface area contributed by atoms with Crippen molar-refractivity contribution in [3.8, 4) is 5.75 Å². The van der Waals surface area contributed by atoms with Gasteiger partial charge in [-0.1, -0.05) is 73.5 Å². The summed E-state index contributed by atoms with van der Waals surface area (Å²) in [6.07, 6.45) is 6.25. The van der Waals surface area contributed by atoms with E-state index in [2.05, 4.69) is 46.7 Å². The maximum Gasteiger partial charge on any atom is 0.248 e. The summed E-state index contributed by atoms with van der Waals surface area (Å²) >= 11 is 0. The summed E-state index contributed by atoms with van der Waals surface area (Å²) in [5.74, 6) is 0.814. The maximum absolute atomic E-state index is 12.0. The number of rotatable bonds is 18. The van der Waals surface area contributed by atoms with Gasteiger partial charge in [0.25, 0.3) is 0 Å². The van der Waals surface area contributed by atoms with Crippen LogP contribution in [0, 0.1) is 11.8 Å². The zero-order valence-electron chi connectivity index (χ0n) is 30.8. The Kier molecular flexibility index (Phi) is 12.3. The van der Waals surface area contributed by atoms with Crippen molar-refractivity contribution in [2.75, 3.05) is 59.1 Å². The first-order chi connectivity index (χ1) is 25.8. The molecule has 0 unspecified atom stereocenters. The van der Waals surface area contributed by atoms with Crippen molar-refractivity contribution in [2.45, 2.75) is 69.5 Å². The predicted molar refractivity (Wildman–Crippen MR) is 204 cm³/mol. The zero-order valence-corrected chi connectivity index (χ0v) is 30.8. The summed E-state index contributed by atoms with van der Waals surface area (Å²) in [7, 11) is 0. The number of hydrogen-bond acceptors (Lipinski definition) is 8. The van der Waals surface area contributed by atoms with Crippen LogP contribution in [0.4, 0.5) is 0 Å². The number of nitrogens with one attached hydrogen (secondary N) is 2. The number of pyridine rings is 1. The fourth-order valence-electron chi connectivity index (χ4n) is 8.94. The van der Waals surface area contributed by atoms with Gasteiger partial charge in [0.05, 0.1) is 57.7 Å². The number of aliphatic hydroxyl groups excluding tert-OH is 1. The smallest absolute Gasteiger partial charge is 0.248 e. The fraction of sp³-hybridized carbons (Fsp3) is 0.512. The number of aromatic hydroxyl groups is 1. The highest BCUT2D eigenvalue weighted by molar-refractivity contribution is 5.87. The molecular weight excluding hydrogens is 670 g/mol. The number of piperidine rings is 3. The van der Waals surface area contributed by atoms with Crippen molar-refractivity contribution in [2.24, 2.45) is 11.8 Å². The van der Waals surface area contributed by atoms with Gasteiger partial charge in [-0.25, -0.2) is 0 Å². The third-order valence-electron chi connectivity index (χ3n) is 12.2. The van der Waals surface area contributed by atoms with Gasteiger partial charge in [0.1, 0.15) is 30.5 Å². The third-order valence-corrected chi connectivity index (χ3v) is 12.2. The van der Waals surface area contributed by atoms with Gasteiger partial charge in [-0.15, -0.1) is 0 Å². The molecule has 2 bridgehead atoms. The first-order valence-electron chi connectivity index (χ1n) is 19.5. The third kappa shape index (κ3) is 9.03. The first kappa shape index (κ1) is 37.7. The van der Waals surface area contributed by atoms with Crippen LogP contribution in [-0.2, 0) is 33.0 Å². The number of ether oxygens (including phenoxy) is 3. The van der Waals surface area contributed by atoms with Gasteiger partial charge < -0.3 is 44.3 Å². The number of aromatic nitrogens is 1. The predicted octanol–water partition coefficient (Wildman–Crippen LogP) is 5.29.